The zero-order valence-electron chi connectivity index (χ0n) is 15.3. The van der Waals surface area contributed by atoms with Crippen molar-refractivity contribution in [2.24, 2.45) is 7.05 Å². The van der Waals surface area contributed by atoms with E-state index in [1.165, 1.54) is 0 Å². The van der Waals surface area contributed by atoms with E-state index in [0.717, 1.165) is 22.8 Å². The van der Waals surface area contributed by atoms with Crippen LogP contribution in [0.3, 0.4) is 0 Å². The molecule has 1 N–H and O–H groups in total. The third-order valence-electron chi connectivity index (χ3n) is 4.32. The number of carbonyl (C=O) groups excluding carboxylic acids is 1. The van der Waals surface area contributed by atoms with Gasteiger partial charge in [-0.25, -0.2) is 0 Å². The molecule has 0 unspecified atom stereocenters. The molecular formula is C18H25ClN4O2. The molecule has 25 heavy (non-hydrogen) atoms. The van der Waals surface area contributed by atoms with E-state index in [9.17, 15) is 4.79 Å². The zero-order valence-corrected chi connectivity index (χ0v) is 16.1. The lowest BCUT2D eigenvalue weighted by Gasteiger charge is -2.24. The first kappa shape index (κ1) is 19.3. The minimum atomic E-state index is -0.284. The average molecular weight is 365 g/mol. The topological polar surface area (TPSA) is 59.4 Å². The summed E-state index contributed by atoms with van der Waals surface area (Å²) in [5.41, 5.74) is 2.53. The van der Waals surface area contributed by atoms with Crippen LogP contribution < -0.4 is 10.1 Å². The number of benzene rings is 1. The summed E-state index contributed by atoms with van der Waals surface area (Å²) in [7, 11) is 3.76. The van der Waals surface area contributed by atoms with Crippen molar-refractivity contribution in [2.45, 2.75) is 26.8 Å². The number of hydrogen-bond acceptors (Lipinski definition) is 4. The van der Waals surface area contributed by atoms with Crippen molar-refractivity contribution in [1.82, 2.24) is 14.7 Å². The second-order valence-corrected chi connectivity index (χ2v) is 6.55. The van der Waals surface area contributed by atoms with E-state index in [-0.39, 0.29) is 11.9 Å². The number of anilines is 1. The predicted molar refractivity (Wildman–Crippen MR) is 100 cm³/mol. The fraction of sp³-hybridized carbons (Fsp3) is 0.444. The summed E-state index contributed by atoms with van der Waals surface area (Å²) < 4.78 is 7.44. The number of carbonyl (C=O) groups is 1. The third-order valence-corrected chi connectivity index (χ3v) is 4.58. The summed E-state index contributed by atoms with van der Waals surface area (Å²) in [5, 5.41) is 7.97. The number of ether oxygens (including phenoxy) is 1. The van der Waals surface area contributed by atoms with E-state index < -0.39 is 0 Å². The Hall–Kier alpha value is -2.05. The summed E-state index contributed by atoms with van der Waals surface area (Å²) in [6.07, 6.45) is 0. The van der Waals surface area contributed by atoms with Gasteiger partial charge in [-0.3, -0.25) is 14.4 Å². The lowest BCUT2D eigenvalue weighted by molar-refractivity contribution is -0.120. The van der Waals surface area contributed by atoms with Gasteiger partial charge in [0.15, 0.2) is 0 Å². The van der Waals surface area contributed by atoms with Gasteiger partial charge in [-0.2, -0.15) is 5.10 Å². The molecule has 2 rings (SSSR count). The highest BCUT2D eigenvalue weighted by Crippen LogP contribution is 2.19. The molecule has 0 aliphatic carbocycles. The fourth-order valence-electron chi connectivity index (χ4n) is 2.41. The number of aryl methyl sites for hydroxylation is 2. The minimum absolute atomic E-state index is 0.0619. The standard InChI is InChI=1S/C18H25ClN4O2/c1-12-17(13(2)23(5)21-12)20-18(24)14(3)22(4)10-11-25-16-8-6-15(19)7-9-16/h6-9,14H,10-11H2,1-5H3,(H,20,24)/t14-/m0/s1. The number of halogens is 1. The van der Waals surface area contributed by atoms with Crippen LogP contribution in [0.5, 0.6) is 5.75 Å². The van der Waals surface area contributed by atoms with Crippen molar-refractivity contribution < 1.29 is 9.53 Å². The summed E-state index contributed by atoms with van der Waals surface area (Å²) >= 11 is 5.85. The molecular weight excluding hydrogens is 340 g/mol. The van der Waals surface area contributed by atoms with Gasteiger partial charge in [0.1, 0.15) is 12.4 Å². The number of hydrogen-bond donors (Lipinski definition) is 1. The molecule has 1 aromatic heterocycles. The Morgan fingerprint density at radius 3 is 2.56 bits per heavy atom. The Bertz CT molecular complexity index is 727. The van der Waals surface area contributed by atoms with Gasteiger partial charge in [-0.1, -0.05) is 11.6 Å². The maximum absolute atomic E-state index is 12.5. The number of nitrogens with one attached hydrogen (secondary N) is 1. The smallest absolute Gasteiger partial charge is 0.241 e. The van der Waals surface area contributed by atoms with Gasteiger partial charge < -0.3 is 10.1 Å². The molecule has 0 saturated heterocycles. The highest BCUT2D eigenvalue weighted by Gasteiger charge is 2.20. The molecule has 0 bridgehead atoms. The van der Waals surface area contributed by atoms with Crippen LogP contribution in [-0.4, -0.2) is 46.8 Å². The van der Waals surface area contributed by atoms with Crippen molar-refractivity contribution in [3.05, 3.63) is 40.7 Å². The Morgan fingerprint density at radius 2 is 2.00 bits per heavy atom. The van der Waals surface area contributed by atoms with Crippen molar-refractivity contribution in [3.8, 4) is 5.75 Å². The van der Waals surface area contributed by atoms with Crippen LogP contribution in [0.25, 0.3) is 0 Å². The Morgan fingerprint density at radius 1 is 1.36 bits per heavy atom. The van der Waals surface area contributed by atoms with Crippen molar-refractivity contribution in [3.63, 3.8) is 0 Å². The first-order valence-corrected chi connectivity index (χ1v) is 8.57. The molecule has 6 nitrogen and oxygen atoms in total. The van der Waals surface area contributed by atoms with E-state index in [1.807, 2.05) is 51.9 Å². The fourth-order valence-corrected chi connectivity index (χ4v) is 2.54. The van der Waals surface area contributed by atoms with Crippen LogP contribution >= 0.6 is 11.6 Å². The molecule has 7 heteroatoms. The molecule has 0 aliphatic heterocycles. The average Bonchev–Trinajstić information content (AvgIpc) is 2.82. The second kappa shape index (κ2) is 8.36. The van der Waals surface area contributed by atoms with Crippen LogP contribution in [0, 0.1) is 13.8 Å². The lowest BCUT2D eigenvalue weighted by Crippen LogP contribution is -2.41. The molecule has 2 aromatic rings. The van der Waals surface area contributed by atoms with Crippen molar-refractivity contribution in [1.29, 1.82) is 0 Å². The van der Waals surface area contributed by atoms with E-state index in [4.69, 9.17) is 16.3 Å². The highest BCUT2D eigenvalue weighted by molar-refractivity contribution is 6.30. The summed E-state index contributed by atoms with van der Waals surface area (Å²) in [4.78, 5) is 14.4. The molecule has 0 radical (unpaired) electrons. The molecule has 0 saturated carbocycles. The summed E-state index contributed by atoms with van der Waals surface area (Å²) in [6.45, 7) is 6.81. The highest BCUT2D eigenvalue weighted by atomic mass is 35.5. The third kappa shape index (κ3) is 4.96. The second-order valence-electron chi connectivity index (χ2n) is 6.12. The molecule has 1 atom stereocenters. The van der Waals surface area contributed by atoms with Gasteiger partial charge in [0.25, 0.3) is 0 Å². The van der Waals surface area contributed by atoms with Gasteiger partial charge in [0, 0.05) is 18.6 Å². The first-order chi connectivity index (χ1) is 11.8. The molecule has 0 fully saturated rings. The number of rotatable bonds is 7. The van der Waals surface area contributed by atoms with Crippen LogP contribution in [0.2, 0.25) is 5.02 Å². The molecule has 0 aliphatic rings. The van der Waals surface area contributed by atoms with Gasteiger partial charge in [0.2, 0.25) is 5.91 Å². The van der Waals surface area contributed by atoms with Crippen molar-refractivity contribution >= 4 is 23.2 Å². The maximum atomic E-state index is 12.5. The van der Waals surface area contributed by atoms with Crippen LogP contribution in [0.15, 0.2) is 24.3 Å². The minimum Gasteiger partial charge on any atom is -0.492 e. The van der Waals surface area contributed by atoms with Crippen LogP contribution in [0.1, 0.15) is 18.3 Å². The van der Waals surface area contributed by atoms with Gasteiger partial charge >= 0.3 is 0 Å². The summed E-state index contributed by atoms with van der Waals surface area (Å²) in [6, 6.07) is 6.94. The Kier molecular flexibility index (Phi) is 6.45. The van der Waals surface area contributed by atoms with E-state index in [2.05, 4.69) is 10.4 Å². The van der Waals surface area contributed by atoms with Crippen LogP contribution in [-0.2, 0) is 11.8 Å². The molecule has 1 aromatic carbocycles. The van der Waals surface area contributed by atoms with E-state index in [1.54, 1.807) is 16.8 Å². The van der Waals surface area contributed by atoms with E-state index in [0.29, 0.717) is 18.2 Å². The quantitative estimate of drug-likeness (QED) is 0.820. The Balaban J connectivity index is 1.85. The van der Waals surface area contributed by atoms with Gasteiger partial charge in [-0.05, 0) is 52.1 Å². The van der Waals surface area contributed by atoms with Crippen LogP contribution in [0.4, 0.5) is 5.69 Å². The molecule has 0 spiro atoms. The van der Waals surface area contributed by atoms with E-state index >= 15 is 0 Å². The molecule has 136 valence electrons. The molecule has 1 amide bonds. The molecule has 1 heterocycles. The Labute approximate surface area is 153 Å². The SMILES string of the molecule is Cc1nn(C)c(C)c1NC(=O)[C@H](C)N(C)CCOc1ccc(Cl)cc1. The maximum Gasteiger partial charge on any atom is 0.241 e. The normalized spacial score (nSPS) is 12.3. The lowest BCUT2D eigenvalue weighted by atomic mass is 10.2. The zero-order chi connectivity index (χ0) is 18.6. The largest absolute Gasteiger partial charge is 0.492 e. The van der Waals surface area contributed by atoms with Gasteiger partial charge in [0.05, 0.1) is 23.1 Å². The van der Waals surface area contributed by atoms with Gasteiger partial charge in [-0.15, -0.1) is 0 Å². The predicted octanol–water partition coefficient (Wildman–Crippen LogP) is 3.03. The summed E-state index contributed by atoms with van der Waals surface area (Å²) in [5.74, 6) is 0.699. The number of likely N-dealkylation sites (N-methyl/N-ethyl adjacent to an activating group) is 1. The number of aromatic nitrogens is 2. The monoisotopic (exact) mass is 364 g/mol. The first-order valence-electron chi connectivity index (χ1n) is 8.19. The number of nitrogens with zero attached hydrogens (tertiary/aromatic N) is 3. The van der Waals surface area contributed by atoms with Crippen molar-refractivity contribution in [2.75, 3.05) is 25.5 Å². The number of amides is 1.